The molecule has 2 aromatic rings. The number of carbonyl (C=O) groups excluding carboxylic acids is 3. The van der Waals surface area contributed by atoms with E-state index in [0.717, 1.165) is 21.7 Å². The molecule has 0 aliphatic carbocycles. The van der Waals surface area contributed by atoms with Crippen molar-refractivity contribution in [3.63, 3.8) is 0 Å². The molecule has 1 N–H and O–H groups in total. The van der Waals surface area contributed by atoms with Gasteiger partial charge in [-0.1, -0.05) is 18.2 Å². The lowest BCUT2D eigenvalue weighted by Crippen LogP contribution is -2.28. The van der Waals surface area contributed by atoms with Crippen LogP contribution in [0.1, 0.15) is 17.5 Å². The Hall–Kier alpha value is -2.80. The van der Waals surface area contributed by atoms with Crippen LogP contribution < -0.4 is 10.2 Å². The van der Waals surface area contributed by atoms with Gasteiger partial charge in [0.1, 0.15) is 0 Å². The normalized spacial score (nSPS) is 16.0. The van der Waals surface area contributed by atoms with Crippen LogP contribution in [0.3, 0.4) is 0 Å². The summed E-state index contributed by atoms with van der Waals surface area (Å²) >= 11 is 1.59. The molecular formula is C22H24N2O4S. The predicted molar refractivity (Wildman–Crippen MR) is 114 cm³/mol. The van der Waals surface area contributed by atoms with Crippen LogP contribution in [-0.2, 0) is 19.1 Å². The summed E-state index contributed by atoms with van der Waals surface area (Å²) in [6, 6.07) is 13.4. The van der Waals surface area contributed by atoms with Crippen LogP contribution in [0.2, 0.25) is 0 Å². The van der Waals surface area contributed by atoms with E-state index in [1.807, 2.05) is 62.6 Å². The number of benzene rings is 2. The van der Waals surface area contributed by atoms with E-state index in [1.54, 1.807) is 16.7 Å². The molecule has 1 aliphatic rings. The molecule has 0 aromatic heterocycles. The predicted octanol–water partition coefficient (Wildman–Crippen LogP) is 3.56. The number of nitrogens with zero attached hydrogens (tertiary/aromatic N) is 1. The monoisotopic (exact) mass is 412 g/mol. The maximum absolute atomic E-state index is 12.4. The smallest absolute Gasteiger partial charge is 0.311 e. The van der Waals surface area contributed by atoms with E-state index in [2.05, 4.69) is 5.32 Å². The summed E-state index contributed by atoms with van der Waals surface area (Å²) in [5, 5.41) is 2.76. The van der Waals surface area contributed by atoms with Gasteiger partial charge in [0, 0.05) is 29.2 Å². The van der Waals surface area contributed by atoms with Crippen molar-refractivity contribution in [3.8, 4) is 0 Å². The topological polar surface area (TPSA) is 75.7 Å². The summed E-state index contributed by atoms with van der Waals surface area (Å²) < 4.78 is 5.17. The van der Waals surface area contributed by atoms with Crippen molar-refractivity contribution in [2.75, 3.05) is 29.6 Å². The van der Waals surface area contributed by atoms with Crippen LogP contribution in [0.15, 0.2) is 47.4 Å². The first-order valence-electron chi connectivity index (χ1n) is 9.35. The zero-order valence-electron chi connectivity index (χ0n) is 16.7. The molecule has 7 heteroatoms. The Balaban J connectivity index is 1.55. The lowest BCUT2D eigenvalue weighted by Gasteiger charge is -2.17. The van der Waals surface area contributed by atoms with E-state index in [4.69, 9.17) is 4.74 Å². The van der Waals surface area contributed by atoms with E-state index < -0.39 is 17.8 Å². The summed E-state index contributed by atoms with van der Waals surface area (Å²) in [5.74, 6) is -1.63. The molecule has 1 saturated heterocycles. The molecule has 29 heavy (non-hydrogen) atoms. The Morgan fingerprint density at radius 2 is 2.00 bits per heavy atom. The third kappa shape index (κ3) is 5.17. The number of rotatable bonds is 6. The van der Waals surface area contributed by atoms with Gasteiger partial charge in [-0.05, 0) is 55.5 Å². The van der Waals surface area contributed by atoms with Crippen LogP contribution in [0.4, 0.5) is 11.4 Å². The van der Waals surface area contributed by atoms with Crippen LogP contribution in [0.25, 0.3) is 0 Å². The SMILES string of the molecule is CSc1cccc(N2C[C@H](C(=O)OCC(=O)Nc3cc(C)ccc3C)CC2=O)c1. The highest BCUT2D eigenvalue weighted by Gasteiger charge is 2.36. The second-order valence-corrected chi connectivity index (χ2v) is 7.96. The highest BCUT2D eigenvalue weighted by atomic mass is 32.2. The van der Waals surface area contributed by atoms with E-state index >= 15 is 0 Å². The molecule has 2 aromatic carbocycles. The van der Waals surface area contributed by atoms with Gasteiger partial charge in [-0.25, -0.2) is 0 Å². The van der Waals surface area contributed by atoms with E-state index in [9.17, 15) is 14.4 Å². The average Bonchev–Trinajstić information content (AvgIpc) is 3.10. The van der Waals surface area contributed by atoms with Crippen molar-refractivity contribution in [2.45, 2.75) is 25.2 Å². The number of hydrogen-bond acceptors (Lipinski definition) is 5. The van der Waals surface area contributed by atoms with Crippen LogP contribution in [-0.4, -0.2) is 37.2 Å². The molecule has 0 radical (unpaired) electrons. The number of thioether (sulfide) groups is 1. The summed E-state index contributed by atoms with van der Waals surface area (Å²) in [6.07, 6.45) is 2.05. The number of ether oxygens (including phenoxy) is 1. The molecule has 0 spiro atoms. The number of hydrogen-bond donors (Lipinski definition) is 1. The first-order valence-corrected chi connectivity index (χ1v) is 10.6. The molecule has 1 atom stereocenters. The number of anilines is 2. The largest absolute Gasteiger partial charge is 0.455 e. The third-order valence-corrected chi connectivity index (χ3v) is 5.56. The zero-order chi connectivity index (χ0) is 21.0. The fourth-order valence-corrected chi connectivity index (χ4v) is 3.66. The molecule has 0 bridgehead atoms. The minimum absolute atomic E-state index is 0.0843. The molecular weight excluding hydrogens is 388 g/mol. The number of amides is 2. The highest BCUT2D eigenvalue weighted by Crippen LogP contribution is 2.28. The van der Waals surface area contributed by atoms with Crippen molar-refractivity contribution in [2.24, 2.45) is 5.92 Å². The lowest BCUT2D eigenvalue weighted by atomic mass is 10.1. The maximum Gasteiger partial charge on any atom is 0.311 e. The van der Waals surface area contributed by atoms with Crippen LogP contribution >= 0.6 is 11.8 Å². The minimum atomic E-state index is -0.575. The van der Waals surface area contributed by atoms with Crippen molar-refractivity contribution in [1.29, 1.82) is 0 Å². The van der Waals surface area contributed by atoms with Gasteiger partial charge in [-0.3, -0.25) is 14.4 Å². The summed E-state index contributed by atoms with van der Waals surface area (Å²) in [5.41, 5.74) is 3.42. The molecule has 1 heterocycles. The fraction of sp³-hybridized carbons (Fsp3) is 0.318. The Morgan fingerprint density at radius 1 is 1.21 bits per heavy atom. The Morgan fingerprint density at radius 3 is 2.76 bits per heavy atom. The molecule has 6 nitrogen and oxygen atoms in total. The van der Waals surface area contributed by atoms with Crippen molar-refractivity contribution in [1.82, 2.24) is 0 Å². The summed E-state index contributed by atoms with van der Waals surface area (Å²) in [7, 11) is 0. The van der Waals surface area contributed by atoms with Crippen LogP contribution in [0, 0.1) is 19.8 Å². The van der Waals surface area contributed by atoms with Gasteiger partial charge in [0.15, 0.2) is 6.61 Å². The quantitative estimate of drug-likeness (QED) is 0.580. The number of carbonyl (C=O) groups is 3. The van der Waals surface area contributed by atoms with E-state index in [0.29, 0.717) is 5.69 Å². The number of aryl methyl sites for hydroxylation is 2. The average molecular weight is 413 g/mol. The Kier molecular flexibility index (Phi) is 6.59. The Labute approximate surface area is 174 Å². The van der Waals surface area contributed by atoms with Gasteiger partial charge in [-0.2, -0.15) is 0 Å². The maximum atomic E-state index is 12.4. The van der Waals surface area contributed by atoms with Gasteiger partial charge < -0.3 is 15.0 Å². The van der Waals surface area contributed by atoms with Crippen molar-refractivity contribution in [3.05, 3.63) is 53.6 Å². The van der Waals surface area contributed by atoms with Gasteiger partial charge in [0.2, 0.25) is 5.91 Å². The van der Waals surface area contributed by atoms with E-state index in [1.165, 1.54) is 0 Å². The summed E-state index contributed by atoms with van der Waals surface area (Å²) in [6.45, 7) is 3.71. The van der Waals surface area contributed by atoms with Gasteiger partial charge in [0.25, 0.3) is 5.91 Å². The van der Waals surface area contributed by atoms with Gasteiger partial charge in [-0.15, -0.1) is 11.8 Å². The molecule has 152 valence electrons. The standard InChI is InChI=1S/C22H24N2O4S/c1-14-7-8-15(2)19(9-14)23-20(25)13-28-22(27)16-10-21(26)24(12-16)17-5-4-6-18(11-17)29-3/h4-9,11,16H,10,12-13H2,1-3H3,(H,23,25)/t16-/m1/s1. The first-order chi connectivity index (χ1) is 13.9. The van der Waals surface area contributed by atoms with Crippen molar-refractivity contribution < 1.29 is 19.1 Å². The second-order valence-electron chi connectivity index (χ2n) is 7.08. The summed E-state index contributed by atoms with van der Waals surface area (Å²) in [4.78, 5) is 39.5. The molecule has 3 rings (SSSR count). The lowest BCUT2D eigenvalue weighted by molar-refractivity contribution is -0.151. The van der Waals surface area contributed by atoms with Gasteiger partial charge in [0.05, 0.1) is 5.92 Å². The first kappa shape index (κ1) is 20.9. The molecule has 2 amide bonds. The molecule has 1 fully saturated rings. The van der Waals surface area contributed by atoms with E-state index in [-0.39, 0.29) is 25.5 Å². The number of esters is 1. The fourth-order valence-electron chi connectivity index (χ4n) is 3.20. The Bertz CT molecular complexity index is 944. The second kappa shape index (κ2) is 9.13. The molecule has 0 saturated carbocycles. The number of nitrogens with one attached hydrogen (secondary N) is 1. The zero-order valence-corrected chi connectivity index (χ0v) is 17.5. The van der Waals surface area contributed by atoms with Crippen LogP contribution in [0.5, 0.6) is 0 Å². The molecule has 1 aliphatic heterocycles. The van der Waals surface area contributed by atoms with Gasteiger partial charge >= 0.3 is 5.97 Å². The third-order valence-electron chi connectivity index (χ3n) is 4.84. The highest BCUT2D eigenvalue weighted by molar-refractivity contribution is 7.98. The molecule has 0 unspecified atom stereocenters. The van der Waals surface area contributed by atoms with Crippen molar-refractivity contribution >= 4 is 40.9 Å². The minimum Gasteiger partial charge on any atom is -0.455 e.